The fourth-order valence-electron chi connectivity index (χ4n) is 2.54. The van der Waals surface area contributed by atoms with Gasteiger partial charge in [0.15, 0.2) is 0 Å². The molecule has 1 heterocycles. The Labute approximate surface area is 137 Å². The highest BCUT2D eigenvalue weighted by molar-refractivity contribution is 6.30. The van der Waals surface area contributed by atoms with Crippen molar-refractivity contribution in [2.45, 2.75) is 12.2 Å². The molecule has 0 spiro atoms. The predicted molar refractivity (Wildman–Crippen MR) is 87.7 cm³/mol. The second kappa shape index (κ2) is 8.70. The van der Waals surface area contributed by atoms with Crippen LogP contribution in [0.4, 0.5) is 0 Å². The van der Waals surface area contributed by atoms with Gasteiger partial charge in [0, 0.05) is 31.2 Å². The van der Waals surface area contributed by atoms with Crippen molar-refractivity contribution in [2.24, 2.45) is 0 Å². The average Bonchev–Trinajstić information content (AvgIpc) is 2.46. The van der Waals surface area contributed by atoms with Crippen molar-refractivity contribution in [3.05, 3.63) is 29.3 Å². The maximum atomic E-state index is 10.1. The summed E-state index contributed by atoms with van der Waals surface area (Å²) in [6.07, 6.45) is -0.318. The maximum Gasteiger partial charge on any atom is 0.119 e. The molecule has 0 saturated carbocycles. The summed E-state index contributed by atoms with van der Waals surface area (Å²) in [6.45, 7) is 4.17. The molecule has 2 atom stereocenters. The number of aliphatic hydroxyl groups is 1. The van der Waals surface area contributed by atoms with E-state index in [1.165, 1.54) is 0 Å². The molecule has 1 aromatic carbocycles. The van der Waals surface area contributed by atoms with Crippen molar-refractivity contribution >= 4 is 11.6 Å². The van der Waals surface area contributed by atoms with Crippen LogP contribution in [0.5, 0.6) is 5.75 Å². The van der Waals surface area contributed by atoms with Gasteiger partial charge in [0.1, 0.15) is 18.5 Å². The molecule has 124 valence electrons. The van der Waals surface area contributed by atoms with Crippen molar-refractivity contribution in [3.63, 3.8) is 0 Å². The van der Waals surface area contributed by atoms with Gasteiger partial charge in [0.25, 0.3) is 0 Å². The van der Waals surface area contributed by atoms with Gasteiger partial charge >= 0.3 is 0 Å². The minimum absolute atomic E-state index is 0.202. The first-order chi connectivity index (χ1) is 10.5. The standard InChI is InChI=1S/C16H25ClN2O3/c1-18(2)10-16-11-19(7-8-21-16)9-14(20)12-22-15-5-3-13(17)4-6-15/h3-6,14,16,20H,7-12H2,1-2H3/t14-,16+/m0/s1. The van der Waals surface area contributed by atoms with Crippen LogP contribution in [0.3, 0.4) is 0 Å². The molecule has 0 amide bonds. The maximum absolute atomic E-state index is 10.1. The Morgan fingerprint density at radius 1 is 1.41 bits per heavy atom. The number of rotatable bonds is 7. The number of hydrogen-bond donors (Lipinski definition) is 1. The lowest BCUT2D eigenvalue weighted by Crippen LogP contribution is -2.49. The SMILES string of the molecule is CN(C)C[C@@H]1CN(C[C@H](O)COc2ccc(Cl)cc2)CCO1. The minimum atomic E-state index is -0.520. The first-order valence-corrected chi connectivity index (χ1v) is 7.96. The molecule has 6 heteroatoms. The molecule has 1 N–H and O–H groups in total. The number of ether oxygens (including phenoxy) is 2. The molecule has 22 heavy (non-hydrogen) atoms. The van der Waals surface area contributed by atoms with E-state index < -0.39 is 6.10 Å². The van der Waals surface area contributed by atoms with Crippen LogP contribution in [-0.2, 0) is 4.74 Å². The molecule has 0 radical (unpaired) electrons. The van der Waals surface area contributed by atoms with Gasteiger partial charge in [-0.1, -0.05) is 11.6 Å². The largest absolute Gasteiger partial charge is 0.491 e. The second-order valence-electron chi connectivity index (χ2n) is 5.93. The highest BCUT2D eigenvalue weighted by atomic mass is 35.5. The molecular weight excluding hydrogens is 304 g/mol. The van der Waals surface area contributed by atoms with Crippen LogP contribution in [0.1, 0.15) is 0 Å². The van der Waals surface area contributed by atoms with E-state index in [1.807, 2.05) is 14.1 Å². The van der Waals surface area contributed by atoms with Gasteiger partial charge in [-0.2, -0.15) is 0 Å². The Kier molecular flexibility index (Phi) is 6.92. The van der Waals surface area contributed by atoms with Crippen molar-refractivity contribution < 1.29 is 14.6 Å². The predicted octanol–water partition coefficient (Wildman–Crippen LogP) is 1.34. The molecule has 1 aliphatic heterocycles. The minimum Gasteiger partial charge on any atom is -0.491 e. The quantitative estimate of drug-likeness (QED) is 0.818. The lowest BCUT2D eigenvalue weighted by Gasteiger charge is -2.35. The molecule has 0 aliphatic carbocycles. The molecule has 5 nitrogen and oxygen atoms in total. The van der Waals surface area contributed by atoms with Gasteiger partial charge < -0.3 is 19.5 Å². The number of hydrogen-bond acceptors (Lipinski definition) is 5. The Balaban J connectivity index is 1.71. The molecule has 2 rings (SSSR count). The summed E-state index contributed by atoms with van der Waals surface area (Å²) >= 11 is 5.83. The Morgan fingerprint density at radius 3 is 2.82 bits per heavy atom. The van der Waals surface area contributed by atoms with E-state index in [9.17, 15) is 5.11 Å². The van der Waals surface area contributed by atoms with E-state index in [-0.39, 0.29) is 12.7 Å². The number of β-amino-alcohol motifs (C(OH)–C–C–N with tert-alkyl or cyclic N) is 1. The lowest BCUT2D eigenvalue weighted by molar-refractivity contribution is -0.0519. The fourth-order valence-corrected chi connectivity index (χ4v) is 2.66. The van der Waals surface area contributed by atoms with Crippen molar-refractivity contribution in [2.75, 3.05) is 53.5 Å². The monoisotopic (exact) mass is 328 g/mol. The smallest absolute Gasteiger partial charge is 0.119 e. The highest BCUT2D eigenvalue weighted by Crippen LogP contribution is 2.16. The number of nitrogens with zero attached hydrogens (tertiary/aromatic N) is 2. The Morgan fingerprint density at radius 2 is 2.14 bits per heavy atom. The van der Waals surface area contributed by atoms with Crippen molar-refractivity contribution in [1.29, 1.82) is 0 Å². The van der Waals surface area contributed by atoms with Gasteiger partial charge in [-0.25, -0.2) is 0 Å². The van der Waals surface area contributed by atoms with Gasteiger partial charge in [0.2, 0.25) is 0 Å². The zero-order chi connectivity index (χ0) is 15.9. The highest BCUT2D eigenvalue weighted by Gasteiger charge is 2.22. The van der Waals surface area contributed by atoms with Crippen molar-refractivity contribution in [1.82, 2.24) is 9.80 Å². The summed E-state index contributed by atoms with van der Waals surface area (Å²) < 4.78 is 11.3. The van der Waals surface area contributed by atoms with Gasteiger partial charge in [-0.3, -0.25) is 4.90 Å². The number of halogens is 1. The van der Waals surface area contributed by atoms with Crippen LogP contribution >= 0.6 is 11.6 Å². The molecule has 0 unspecified atom stereocenters. The van der Waals surface area contributed by atoms with Crippen LogP contribution in [0.2, 0.25) is 5.02 Å². The number of aliphatic hydroxyl groups excluding tert-OH is 1. The third-order valence-corrected chi connectivity index (χ3v) is 3.77. The van der Waals surface area contributed by atoms with Crippen LogP contribution < -0.4 is 4.74 Å². The summed E-state index contributed by atoms with van der Waals surface area (Å²) in [5.74, 6) is 0.718. The van der Waals surface area contributed by atoms with Crippen molar-refractivity contribution in [3.8, 4) is 5.75 Å². The second-order valence-corrected chi connectivity index (χ2v) is 6.37. The molecule has 1 aliphatic rings. The number of likely N-dealkylation sites (N-methyl/N-ethyl adjacent to an activating group) is 1. The molecule has 0 aromatic heterocycles. The molecule has 0 bridgehead atoms. The molecular formula is C16H25ClN2O3. The van der Waals surface area contributed by atoms with E-state index in [1.54, 1.807) is 24.3 Å². The summed E-state index contributed by atoms with van der Waals surface area (Å²) in [7, 11) is 4.08. The third kappa shape index (κ3) is 6.10. The summed E-state index contributed by atoms with van der Waals surface area (Å²) in [6, 6.07) is 7.15. The zero-order valence-corrected chi connectivity index (χ0v) is 14.0. The Bertz CT molecular complexity index is 442. The third-order valence-electron chi connectivity index (χ3n) is 3.52. The van der Waals surface area contributed by atoms with Gasteiger partial charge in [0.05, 0.1) is 12.7 Å². The summed E-state index contributed by atoms with van der Waals surface area (Å²) in [4.78, 5) is 4.35. The fraction of sp³-hybridized carbons (Fsp3) is 0.625. The molecule has 1 fully saturated rings. The molecule has 1 saturated heterocycles. The van der Waals surface area contributed by atoms with Gasteiger partial charge in [-0.05, 0) is 38.4 Å². The first-order valence-electron chi connectivity index (χ1n) is 7.58. The molecule has 1 aromatic rings. The van der Waals surface area contributed by atoms with Crippen LogP contribution in [0.25, 0.3) is 0 Å². The van der Waals surface area contributed by atoms with Crippen LogP contribution in [-0.4, -0.2) is 80.6 Å². The topological polar surface area (TPSA) is 45.2 Å². The van der Waals surface area contributed by atoms with E-state index in [0.717, 1.165) is 25.4 Å². The Hall–Kier alpha value is -0.850. The zero-order valence-electron chi connectivity index (χ0n) is 13.2. The number of morpholine rings is 1. The lowest BCUT2D eigenvalue weighted by atomic mass is 10.2. The van der Waals surface area contributed by atoms with E-state index in [2.05, 4.69) is 9.80 Å². The normalized spacial score (nSPS) is 21.0. The van der Waals surface area contributed by atoms with E-state index >= 15 is 0 Å². The summed E-state index contributed by atoms with van der Waals surface area (Å²) in [5.41, 5.74) is 0. The van der Waals surface area contributed by atoms with E-state index in [0.29, 0.717) is 18.2 Å². The summed E-state index contributed by atoms with van der Waals surface area (Å²) in [5, 5.41) is 10.8. The number of benzene rings is 1. The van der Waals surface area contributed by atoms with Gasteiger partial charge in [-0.15, -0.1) is 0 Å². The average molecular weight is 329 g/mol. The van der Waals surface area contributed by atoms with E-state index in [4.69, 9.17) is 21.1 Å². The van der Waals surface area contributed by atoms with Crippen LogP contribution in [0.15, 0.2) is 24.3 Å². The first kappa shape index (κ1) is 17.5. The van der Waals surface area contributed by atoms with Crippen LogP contribution in [0, 0.1) is 0 Å².